The van der Waals surface area contributed by atoms with Crippen LogP contribution in [0.2, 0.25) is 0 Å². The molecule has 29 heavy (non-hydrogen) atoms. The van der Waals surface area contributed by atoms with Crippen LogP contribution in [0.25, 0.3) is 0 Å². The van der Waals surface area contributed by atoms with Gasteiger partial charge in [-0.3, -0.25) is 9.78 Å². The Morgan fingerprint density at radius 3 is 2.45 bits per heavy atom. The molecule has 0 saturated carbocycles. The van der Waals surface area contributed by atoms with Crippen molar-refractivity contribution in [1.29, 1.82) is 0 Å². The summed E-state index contributed by atoms with van der Waals surface area (Å²) >= 11 is 0. The molecule has 0 bridgehead atoms. The highest BCUT2D eigenvalue weighted by molar-refractivity contribution is 5.94. The van der Waals surface area contributed by atoms with Crippen LogP contribution in [0.5, 0.6) is 0 Å². The van der Waals surface area contributed by atoms with E-state index in [2.05, 4.69) is 4.98 Å². The van der Waals surface area contributed by atoms with Crippen LogP contribution in [0.4, 0.5) is 22.0 Å². The van der Waals surface area contributed by atoms with Gasteiger partial charge in [0.25, 0.3) is 5.91 Å². The molecular formula is C20H20F5N3O. The number of aromatic nitrogens is 1. The minimum atomic E-state index is -4.56. The molecule has 1 aromatic heterocycles. The number of piperidine rings is 1. The van der Waals surface area contributed by atoms with Crippen LogP contribution >= 0.6 is 0 Å². The lowest BCUT2D eigenvalue weighted by molar-refractivity contribution is -0.141. The van der Waals surface area contributed by atoms with Crippen molar-refractivity contribution >= 4 is 5.91 Å². The zero-order valence-electron chi connectivity index (χ0n) is 15.4. The number of rotatable bonds is 4. The lowest BCUT2D eigenvalue weighted by Gasteiger charge is -2.35. The van der Waals surface area contributed by atoms with Crippen molar-refractivity contribution in [3.8, 4) is 0 Å². The van der Waals surface area contributed by atoms with Crippen molar-refractivity contribution in [1.82, 2.24) is 9.88 Å². The Labute approximate surface area is 164 Å². The van der Waals surface area contributed by atoms with Crippen LogP contribution in [-0.4, -0.2) is 34.9 Å². The van der Waals surface area contributed by atoms with Crippen molar-refractivity contribution in [3.63, 3.8) is 0 Å². The standard InChI is InChI=1S/C20H20F5N3O/c21-15-2-3-16(22)14(9-15)10-17(26)12-5-7-28(8-6-12)19(29)13-1-4-18(27-11-13)20(23,24)25/h1-4,9,11-12,17H,5-8,10,26H2. The van der Waals surface area contributed by atoms with E-state index in [-0.39, 0.29) is 23.5 Å². The maximum absolute atomic E-state index is 13.8. The number of carbonyl (C=O) groups is 1. The minimum Gasteiger partial charge on any atom is -0.339 e. The smallest absolute Gasteiger partial charge is 0.339 e. The first-order chi connectivity index (χ1) is 13.6. The van der Waals surface area contributed by atoms with Gasteiger partial charge < -0.3 is 10.6 Å². The molecule has 2 N–H and O–H groups in total. The number of nitrogens with zero attached hydrogens (tertiary/aromatic N) is 2. The van der Waals surface area contributed by atoms with Gasteiger partial charge in [-0.05, 0) is 61.1 Å². The second kappa shape index (κ2) is 8.44. The van der Waals surface area contributed by atoms with Crippen LogP contribution in [0.1, 0.15) is 34.5 Å². The first kappa shape index (κ1) is 21.2. The fourth-order valence-electron chi connectivity index (χ4n) is 3.52. The molecule has 156 valence electrons. The lowest BCUT2D eigenvalue weighted by atomic mass is 9.86. The quantitative estimate of drug-likeness (QED) is 0.776. The number of alkyl halides is 3. The number of likely N-dealkylation sites (tertiary alicyclic amines) is 1. The molecule has 4 nitrogen and oxygen atoms in total. The third kappa shape index (κ3) is 5.09. The molecule has 3 rings (SSSR count). The van der Waals surface area contributed by atoms with Crippen molar-refractivity contribution < 1.29 is 26.7 Å². The van der Waals surface area contributed by atoms with Gasteiger partial charge in [0.2, 0.25) is 0 Å². The normalized spacial score (nSPS) is 16.7. The SMILES string of the molecule is NC(Cc1cc(F)ccc1F)C1CCN(C(=O)c2ccc(C(F)(F)F)nc2)CC1. The summed E-state index contributed by atoms with van der Waals surface area (Å²) < 4.78 is 64.9. The monoisotopic (exact) mass is 413 g/mol. The number of halogens is 5. The number of carbonyl (C=O) groups excluding carboxylic acids is 1. The zero-order chi connectivity index (χ0) is 21.2. The Morgan fingerprint density at radius 1 is 1.17 bits per heavy atom. The number of hydrogen-bond donors (Lipinski definition) is 1. The maximum atomic E-state index is 13.8. The molecule has 2 aromatic rings. The third-order valence-electron chi connectivity index (χ3n) is 5.20. The van der Waals surface area contributed by atoms with E-state index in [4.69, 9.17) is 5.73 Å². The van der Waals surface area contributed by atoms with E-state index in [0.717, 1.165) is 36.5 Å². The van der Waals surface area contributed by atoms with Gasteiger partial charge in [0.1, 0.15) is 17.3 Å². The number of benzene rings is 1. The fourth-order valence-corrected chi connectivity index (χ4v) is 3.52. The highest BCUT2D eigenvalue weighted by Gasteiger charge is 2.33. The van der Waals surface area contributed by atoms with Crippen LogP contribution in [0.3, 0.4) is 0 Å². The summed E-state index contributed by atoms with van der Waals surface area (Å²) in [6.07, 6.45) is -2.31. The molecule has 1 aliphatic rings. The van der Waals surface area contributed by atoms with E-state index in [1.165, 1.54) is 4.90 Å². The first-order valence-electron chi connectivity index (χ1n) is 9.17. The van der Waals surface area contributed by atoms with Crippen LogP contribution < -0.4 is 5.73 Å². The van der Waals surface area contributed by atoms with Crippen LogP contribution in [0.15, 0.2) is 36.5 Å². The van der Waals surface area contributed by atoms with Gasteiger partial charge in [0.15, 0.2) is 0 Å². The number of hydrogen-bond acceptors (Lipinski definition) is 3. The van der Waals surface area contributed by atoms with E-state index in [0.29, 0.717) is 25.9 Å². The summed E-state index contributed by atoms with van der Waals surface area (Å²) in [6, 6.07) is 4.75. The average molecular weight is 413 g/mol. The third-order valence-corrected chi connectivity index (χ3v) is 5.20. The predicted octanol–water partition coefficient (Wildman–Crippen LogP) is 3.80. The zero-order valence-corrected chi connectivity index (χ0v) is 15.4. The van der Waals surface area contributed by atoms with Crippen molar-refractivity contribution in [3.05, 3.63) is 65.0 Å². The van der Waals surface area contributed by atoms with E-state index in [1.54, 1.807) is 0 Å². The fraction of sp³-hybridized carbons (Fsp3) is 0.400. The summed E-state index contributed by atoms with van der Waals surface area (Å²) in [4.78, 5) is 17.3. The van der Waals surface area contributed by atoms with E-state index < -0.39 is 35.5 Å². The number of nitrogens with two attached hydrogens (primary N) is 1. The van der Waals surface area contributed by atoms with Crippen LogP contribution in [-0.2, 0) is 12.6 Å². The van der Waals surface area contributed by atoms with E-state index >= 15 is 0 Å². The van der Waals surface area contributed by atoms with Gasteiger partial charge in [-0.25, -0.2) is 8.78 Å². The molecule has 1 aromatic carbocycles. The second-order valence-electron chi connectivity index (χ2n) is 7.16. The Bertz CT molecular complexity index is 861. The van der Waals surface area contributed by atoms with Gasteiger partial charge in [-0.1, -0.05) is 0 Å². The molecule has 1 amide bonds. The highest BCUT2D eigenvalue weighted by Crippen LogP contribution is 2.28. The lowest BCUT2D eigenvalue weighted by Crippen LogP contribution is -2.44. The van der Waals surface area contributed by atoms with E-state index in [9.17, 15) is 26.7 Å². The molecule has 0 aliphatic carbocycles. The summed E-state index contributed by atoms with van der Waals surface area (Å²) in [7, 11) is 0. The van der Waals surface area contributed by atoms with Gasteiger partial charge in [0, 0.05) is 25.3 Å². The Balaban J connectivity index is 1.57. The Morgan fingerprint density at radius 2 is 1.86 bits per heavy atom. The van der Waals surface area contributed by atoms with Gasteiger partial charge in [0.05, 0.1) is 5.56 Å². The predicted molar refractivity (Wildman–Crippen MR) is 95.9 cm³/mol. The average Bonchev–Trinajstić information content (AvgIpc) is 2.69. The molecular weight excluding hydrogens is 393 g/mol. The molecule has 1 aliphatic heterocycles. The molecule has 0 radical (unpaired) electrons. The van der Waals surface area contributed by atoms with Crippen molar-refractivity contribution in [2.45, 2.75) is 31.5 Å². The highest BCUT2D eigenvalue weighted by atomic mass is 19.4. The molecule has 1 fully saturated rings. The van der Waals surface area contributed by atoms with Gasteiger partial charge in [-0.2, -0.15) is 13.2 Å². The van der Waals surface area contributed by atoms with Crippen LogP contribution in [0, 0.1) is 17.6 Å². The molecule has 9 heteroatoms. The van der Waals surface area contributed by atoms with Gasteiger partial charge >= 0.3 is 6.18 Å². The molecule has 1 saturated heterocycles. The summed E-state index contributed by atoms with van der Waals surface area (Å²) in [6.45, 7) is 0.758. The number of pyridine rings is 1. The Hall–Kier alpha value is -2.55. The summed E-state index contributed by atoms with van der Waals surface area (Å²) in [5, 5.41) is 0. The summed E-state index contributed by atoms with van der Waals surface area (Å²) in [5.41, 5.74) is 5.43. The summed E-state index contributed by atoms with van der Waals surface area (Å²) in [5.74, 6) is -1.41. The maximum Gasteiger partial charge on any atom is 0.433 e. The molecule has 0 spiro atoms. The minimum absolute atomic E-state index is 0.0208. The molecule has 1 atom stereocenters. The molecule has 2 heterocycles. The second-order valence-corrected chi connectivity index (χ2v) is 7.16. The Kier molecular flexibility index (Phi) is 6.16. The van der Waals surface area contributed by atoms with Crippen molar-refractivity contribution in [2.24, 2.45) is 11.7 Å². The van der Waals surface area contributed by atoms with Crippen molar-refractivity contribution in [2.75, 3.05) is 13.1 Å². The van der Waals surface area contributed by atoms with E-state index in [1.807, 2.05) is 0 Å². The number of amides is 1. The topological polar surface area (TPSA) is 59.2 Å². The largest absolute Gasteiger partial charge is 0.433 e. The first-order valence-corrected chi connectivity index (χ1v) is 9.17. The van der Waals surface area contributed by atoms with Gasteiger partial charge in [-0.15, -0.1) is 0 Å². The molecule has 1 unspecified atom stereocenters.